The molecule has 20 nitrogen and oxygen atoms in total. The first-order chi connectivity index (χ1) is 34.6. The van der Waals surface area contributed by atoms with Crippen molar-refractivity contribution in [1.29, 1.82) is 0 Å². The third-order valence-electron chi connectivity index (χ3n) is 13.1. The molecule has 1 amide bonds. The highest BCUT2D eigenvalue weighted by Crippen LogP contribution is 2.45. The monoisotopic (exact) mass is 1010 g/mol. The van der Waals surface area contributed by atoms with Gasteiger partial charge < -0.3 is 62.1 Å². The summed E-state index contributed by atoms with van der Waals surface area (Å²) in [6, 6.07) is 6.21. The molecule has 2 aromatic heterocycles. The number of benzene rings is 2. The number of allylic oxidation sites excluding steroid dienone is 1. The van der Waals surface area contributed by atoms with Gasteiger partial charge in [-0.1, -0.05) is 49.6 Å². The Hall–Kier alpha value is -7.75. The van der Waals surface area contributed by atoms with Crippen molar-refractivity contribution in [2.75, 3.05) is 13.2 Å². The predicted octanol–water partition coefficient (Wildman–Crippen LogP) is 7.36. The van der Waals surface area contributed by atoms with Crippen LogP contribution in [0.3, 0.4) is 0 Å². The van der Waals surface area contributed by atoms with Gasteiger partial charge in [-0.2, -0.15) is 5.48 Å². The van der Waals surface area contributed by atoms with E-state index < -0.39 is 77.6 Å². The van der Waals surface area contributed by atoms with Gasteiger partial charge >= 0.3 is 23.5 Å². The number of aromatic hydroxyl groups is 2. The summed E-state index contributed by atoms with van der Waals surface area (Å²) >= 11 is 0. The van der Waals surface area contributed by atoms with Gasteiger partial charge in [-0.15, -0.1) is 26.0 Å². The summed E-state index contributed by atoms with van der Waals surface area (Å²) in [6.45, 7) is 24.7. The summed E-state index contributed by atoms with van der Waals surface area (Å²) in [5, 5.41) is 36.9. The van der Waals surface area contributed by atoms with Crippen LogP contribution in [-0.4, -0.2) is 94.7 Å². The highest BCUT2D eigenvalue weighted by molar-refractivity contribution is 6.04. The van der Waals surface area contributed by atoms with Crippen molar-refractivity contribution in [2.24, 2.45) is 17.0 Å². The van der Waals surface area contributed by atoms with E-state index in [0.29, 0.717) is 40.7 Å². The Morgan fingerprint density at radius 3 is 1.86 bits per heavy atom. The minimum Gasteiger partial charge on any atom is -0.506 e. The summed E-state index contributed by atoms with van der Waals surface area (Å²) in [7, 11) is 0. The smallest absolute Gasteiger partial charge is 0.506 e. The molecule has 3 aliphatic rings. The van der Waals surface area contributed by atoms with Crippen molar-refractivity contribution in [3.8, 4) is 47.7 Å². The predicted molar refractivity (Wildman–Crippen MR) is 265 cm³/mol. The molecule has 4 aromatic rings. The largest absolute Gasteiger partial charge is 0.509 e. The van der Waals surface area contributed by atoms with Crippen LogP contribution in [0.25, 0.3) is 27.5 Å². The number of carbonyl (C=O) groups is 2. The first-order valence-electron chi connectivity index (χ1n) is 22.9. The molecule has 0 spiro atoms. The molecule has 20 heteroatoms. The number of amides is 1. The Bertz CT molecular complexity index is 3050. The Morgan fingerprint density at radius 1 is 0.808 bits per heavy atom. The van der Waals surface area contributed by atoms with Crippen LogP contribution in [0.15, 0.2) is 79.7 Å². The number of ether oxygens (including phenoxy) is 7. The number of aliphatic hydroxyl groups is 1. The van der Waals surface area contributed by atoms with Gasteiger partial charge in [0.1, 0.15) is 58.0 Å². The van der Waals surface area contributed by atoms with Gasteiger partial charge in [-0.25, -0.2) is 19.2 Å². The third kappa shape index (κ3) is 11.0. The number of hydrogen-bond acceptors (Lipinski definition) is 19. The zero-order valence-corrected chi connectivity index (χ0v) is 41.6. The standard InChI is InChI=1S/C29H32N2O10.C24H26O8/c1-8-13-29(7)17(5)25(40-28(35)31-37-15-10-3)23(33)27(41-29)38-20-12-11-19-22(32)21(18(6)30-36-14-9-2)26(34)39-24(19)16(20)4;1-7-10-24(6)13(5)19-20(31-23(27)30-19)22(32-24)28-15-9-8-14-17(25)16(11(2)3)21(26)29-18(14)12(15)4/h2-3,8,11-12,17,23,25,27,32-33H,1,13-15H2,4-7H3,(H,31,35);7-9,13,19-20,22,25H,1-2,10H2,3-6H3/b30-18-;/t17-,23-,25-,27?,29+;13-,19-,20-,22?,24+/m11/s1. The maximum Gasteiger partial charge on any atom is 0.509 e. The highest BCUT2D eigenvalue weighted by Gasteiger charge is 2.58. The molecule has 388 valence electrons. The number of fused-ring (bicyclic) bond motifs is 3. The number of aryl methyl sites for hydroxylation is 2. The number of aliphatic hydroxyl groups excluding tert-OH is 1. The van der Waals surface area contributed by atoms with Crippen LogP contribution < -0.4 is 26.2 Å². The van der Waals surface area contributed by atoms with Crippen molar-refractivity contribution in [3.05, 3.63) is 99.2 Å². The molecule has 5 heterocycles. The van der Waals surface area contributed by atoms with E-state index >= 15 is 0 Å². The summed E-state index contributed by atoms with van der Waals surface area (Å²) in [5.74, 6) is 3.73. The van der Waals surface area contributed by atoms with Gasteiger partial charge in [-0.3, -0.25) is 4.84 Å². The van der Waals surface area contributed by atoms with Gasteiger partial charge in [0.25, 0.3) is 0 Å². The van der Waals surface area contributed by atoms with Crippen molar-refractivity contribution in [3.63, 3.8) is 0 Å². The van der Waals surface area contributed by atoms with Crippen molar-refractivity contribution < 1.29 is 76.6 Å². The molecule has 0 saturated carbocycles. The fraction of sp³-hybridized carbons (Fsp3) is 0.415. The molecular weight excluding hydrogens is 953 g/mol. The molecule has 0 radical (unpaired) electrons. The second-order valence-corrected chi connectivity index (χ2v) is 18.1. The highest BCUT2D eigenvalue weighted by atomic mass is 16.8. The van der Waals surface area contributed by atoms with Crippen molar-refractivity contribution in [2.45, 2.75) is 116 Å². The number of carbonyl (C=O) groups excluding carboxylic acids is 2. The summed E-state index contributed by atoms with van der Waals surface area (Å²) in [6.07, 6.45) is 6.60. The van der Waals surface area contributed by atoms with Crippen LogP contribution in [0.1, 0.15) is 76.6 Å². The molecule has 2 unspecified atom stereocenters. The summed E-state index contributed by atoms with van der Waals surface area (Å²) in [5.41, 5.74) is 0.190. The van der Waals surface area contributed by atoms with E-state index in [2.05, 4.69) is 42.2 Å². The fourth-order valence-corrected chi connectivity index (χ4v) is 8.84. The van der Waals surface area contributed by atoms with Gasteiger partial charge in [0.2, 0.25) is 18.7 Å². The molecule has 3 aliphatic heterocycles. The van der Waals surface area contributed by atoms with Crippen molar-refractivity contribution in [1.82, 2.24) is 5.48 Å². The van der Waals surface area contributed by atoms with Crippen molar-refractivity contribution >= 4 is 45.5 Å². The quantitative estimate of drug-likeness (QED) is 0.0172. The van der Waals surface area contributed by atoms with E-state index in [1.54, 1.807) is 58.9 Å². The van der Waals surface area contributed by atoms with Crippen LogP contribution in [0.4, 0.5) is 9.59 Å². The minimum absolute atomic E-state index is 0.0354. The van der Waals surface area contributed by atoms with Gasteiger partial charge in [0, 0.05) is 23.0 Å². The number of hydrogen-bond donors (Lipinski definition) is 4. The zero-order chi connectivity index (χ0) is 53.7. The van der Waals surface area contributed by atoms with Gasteiger partial charge in [-0.05, 0) is 84.2 Å². The van der Waals surface area contributed by atoms with E-state index in [1.165, 1.54) is 19.1 Å². The van der Waals surface area contributed by atoms with E-state index in [1.807, 2.05) is 13.8 Å². The SMILES string of the molecule is C#CCO/N=C(/C)c1c(O)c2ccc(OC3O[C@@](C)(CC=C)[C@H](C)[C@@H](OC(=O)NOCC#C)[C@H]3O)c(C)c2oc1=O.C=CC[C@]1(C)OC(Oc2ccc3c(O)c(C(=C)C)c(=O)oc3c2C)[C@@H]2OC(=O)O[C@@H]2[C@H]1C. The molecule has 4 N–H and O–H groups in total. The molecule has 7 rings (SSSR count). The number of oxime groups is 1. The Labute approximate surface area is 420 Å². The van der Waals surface area contributed by atoms with Crippen LogP contribution in [0, 0.1) is 50.4 Å². The van der Waals surface area contributed by atoms with E-state index in [9.17, 15) is 34.5 Å². The van der Waals surface area contributed by atoms with Crippen LogP contribution in [0.5, 0.6) is 23.0 Å². The lowest BCUT2D eigenvalue weighted by Gasteiger charge is -2.48. The van der Waals surface area contributed by atoms with Crippen LogP contribution in [0.2, 0.25) is 0 Å². The first-order valence-corrected chi connectivity index (χ1v) is 22.9. The Morgan fingerprint density at radius 2 is 1.32 bits per heavy atom. The Balaban J connectivity index is 0.000000245. The first kappa shape index (κ1) is 54.6. The maximum absolute atomic E-state index is 12.8. The number of hydroxylamine groups is 1. The van der Waals surface area contributed by atoms with Crippen LogP contribution in [-0.2, 0) is 33.4 Å². The molecular formula is C53H58N2O18. The number of nitrogens with one attached hydrogen (secondary N) is 1. The lowest BCUT2D eigenvalue weighted by Crippen LogP contribution is -2.62. The Kier molecular flexibility index (Phi) is 16.7. The van der Waals surface area contributed by atoms with Gasteiger partial charge in [0.05, 0.1) is 27.7 Å². The molecule has 0 bridgehead atoms. The normalized spacial score (nSPS) is 26.3. The second kappa shape index (κ2) is 22.3. The zero-order valence-electron chi connectivity index (χ0n) is 41.6. The molecule has 73 heavy (non-hydrogen) atoms. The third-order valence-corrected chi connectivity index (χ3v) is 13.1. The molecule has 3 fully saturated rings. The topological polar surface area (TPSA) is 263 Å². The average Bonchev–Trinajstić information content (AvgIpc) is 3.73. The fourth-order valence-electron chi connectivity index (χ4n) is 8.84. The maximum atomic E-state index is 12.8. The lowest BCUT2D eigenvalue weighted by molar-refractivity contribution is -0.289. The van der Waals surface area contributed by atoms with E-state index in [4.69, 9.17) is 64.5 Å². The molecule has 0 aliphatic carbocycles. The van der Waals surface area contributed by atoms with E-state index in [-0.39, 0.29) is 69.8 Å². The summed E-state index contributed by atoms with van der Waals surface area (Å²) in [4.78, 5) is 59.0. The van der Waals surface area contributed by atoms with Gasteiger partial charge in [0.15, 0.2) is 18.8 Å². The second-order valence-electron chi connectivity index (χ2n) is 18.1. The summed E-state index contributed by atoms with van der Waals surface area (Å²) < 4.78 is 51.8. The number of rotatable bonds is 15. The number of terminal acetylenes is 2. The molecule has 3 saturated heterocycles. The number of nitrogens with zero attached hydrogens (tertiary/aromatic N) is 1. The molecule has 2 aromatic carbocycles. The van der Waals surface area contributed by atoms with E-state index in [0.717, 1.165) is 0 Å². The minimum atomic E-state index is -1.44. The molecule has 10 atom stereocenters. The van der Waals surface area contributed by atoms with Crippen LogP contribution >= 0.6 is 0 Å². The lowest BCUT2D eigenvalue weighted by atomic mass is 9.79. The average molecular weight is 1010 g/mol.